The topological polar surface area (TPSA) is 51.3 Å². The van der Waals surface area contributed by atoms with Gasteiger partial charge in [-0.3, -0.25) is 9.98 Å². The molecule has 0 aliphatic heterocycles. The van der Waals surface area contributed by atoms with E-state index in [-0.39, 0.29) is 12.4 Å². The minimum Gasteiger partial charge on any atom is -0.382 e. The summed E-state index contributed by atoms with van der Waals surface area (Å²) in [5, 5.41) is 0. The SMILES string of the molecule is CCCN=C(N)c1ccccn1.Cl. The number of aliphatic imine (C=N–C) groups is 1. The van der Waals surface area contributed by atoms with Gasteiger partial charge in [-0.05, 0) is 18.6 Å². The van der Waals surface area contributed by atoms with E-state index in [1.807, 2.05) is 18.2 Å². The lowest BCUT2D eigenvalue weighted by Crippen LogP contribution is -2.15. The van der Waals surface area contributed by atoms with Gasteiger partial charge in [0.2, 0.25) is 0 Å². The predicted octanol–water partition coefficient (Wildman–Crippen LogP) is 1.62. The quantitative estimate of drug-likeness (QED) is 0.594. The van der Waals surface area contributed by atoms with E-state index in [1.165, 1.54) is 0 Å². The van der Waals surface area contributed by atoms with Crippen LogP contribution in [0.4, 0.5) is 0 Å². The van der Waals surface area contributed by atoms with E-state index >= 15 is 0 Å². The molecule has 1 heterocycles. The molecule has 1 aromatic rings. The van der Waals surface area contributed by atoms with Crippen molar-refractivity contribution in [2.75, 3.05) is 6.54 Å². The summed E-state index contributed by atoms with van der Waals surface area (Å²) >= 11 is 0. The van der Waals surface area contributed by atoms with Crippen LogP contribution < -0.4 is 5.73 Å². The van der Waals surface area contributed by atoms with Gasteiger partial charge in [-0.25, -0.2) is 0 Å². The van der Waals surface area contributed by atoms with E-state index in [9.17, 15) is 0 Å². The van der Waals surface area contributed by atoms with Gasteiger partial charge in [-0.2, -0.15) is 0 Å². The molecule has 0 aliphatic carbocycles. The third-order valence-electron chi connectivity index (χ3n) is 1.43. The van der Waals surface area contributed by atoms with Gasteiger partial charge in [0.1, 0.15) is 11.5 Å². The Morgan fingerprint density at radius 2 is 2.31 bits per heavy atom. The lowest BCUT2D eigenvalue weighted by molar-refractivity contribution is 0.929. The molecule has 0 amide bonds. The minimum absolute atomic E-state index is 0. The molecule has 0 radical (unpaired) electrons. The molecule has 0 aliphatic rings. The number of hydrogen-bond acceptors (Lipinski definition) is 2. The molecule has 0 fully saturated rings. The van der Waals surface area contributed by atoms with Crippen LogP contribution in [0.15, 0.2) is 29.4 Å². The molecule has 0 saturated heterocycles. The van der Waals surface area contributed by atoms with E-state index in [2.05, 4.69) is 16.9 Å². The Morgan fingerprint density at radius 3 is 2.85 bits per heavy atom. The van der Waals surface area contributed by atoms with Crippen molar-refractivity contribution in [2.24, 2.45) is 10.7 Å². The first-order valence-electron chi connectivity index (χ1n) is 4.06. The molecule has 0 atom stereocenters. The summed E-state index contributed by atoms with van der Waals surface area (Å²) in [4.78, 5) is 8.22. The molecule has 1 rings (SSSR count). The summed E-state index contributed by atoms with van der Waals surface area (Å²) in [5.41, 5.74) is 6.42. The summed E-state index contributed by atoms with van der Waals surface area (Å²) in [6.45, 7) is 2.83. The summed E-state index contributed by atoms with van der Waals surface area (Å²) in [5.74, 6) is 0.525. The number of hydrogen-bond donors (Lipinski definition) is 1. The van der Waals surface area contributed by atoms with Gasteiger partial charge in [0, 0.05) is 12.7 Å². The lowest BCUT2D eigenvalue weighted by atomic mass is 10.3. The first-order chi connectivity index (χ1) is 5.84. The Morgan fingerprint density at radius 1 is 1.54 bits per heavy atom. The van der Waals surface area contributed by atoms with Crippen LogP contribution in [-0.4, -0.2) is 17.4 Å². The predicted molar refractivity (Wildman–Crippen MR) is 57.4 cm³/mol. The lowest BCUT2D eigenvalue weighted by Gasteiger charge is -1.97. The van der Waals surface area contributed by atoms with E-state index in [1.54, 1.807) is 6.20 Å². The highest BCUT2D eigenvalue weighted by atomic mass is 35.5. The Kier molecular flexibility index (Phi) is 5.89. The van der Waals surface area contributed by atoms with E-state index in [4.69, 9.17) is 5.73 Å². The maximum absolute atomic E-state index is 5.67. The monoisotopic (exact) mass is 199 g/mol. The average molecular weight is 200 g/mol. The number of pyridine rings is 1. The normalized spacial score (nSPS) is 10.7. The van der Waals surface area contributed by atoms with Crippen molar-refractivity contribution in [1.82, 2.24) is 4.98 Å². The molecule has 2 N–H and O–H groups in total. The van der Waals surface area contributed by atoms with Crippen molar-refractivity contribution in [3.05, 3.63) is 30.1 Å². The fourth-order valence-corrected chi connectivity index (χ4v) is 0.828. The van der Waals surface area contributed by atoms with Crippen molar-refractivity contribution in [3.63, 3.8) is 0 Å². The molecule has 13 heavy (non-hydrogen) atoms. The maximum atomic E-state index is 5.67. The van der Waals surface area contributed by atoms with E-state index < -0.39 is 0 Å². The zero-order valence-corrected chi connectivity index (χ0v) is 8.42. The van der Waals surface area contributed by atoms with Crippen LogP contribution >= 0.6 is 12.4 Å². The molecule has 72 valence electrons. The highest BCUT2D eigenvalue weighted by molar-refractivity contribution is 5.95. The number of amidine groups is 1. The van der Waals surface area contributed by atoms with Crippen LogP contribution in [0.2, 0.25) is 0 Å². The van der Waals surface area contributed by atoms with Crippen LogP contribution in [0, 0.1) is 0 Å². The highest BCUT2D eigenvalue weighted by Crippen LogP contribution is 1.92. The van der Waals surface area contributed by atoms with Crippen LogP contribution in [0.1, 0.15) is 19.0 Å². The molecule has 4 heteroatoms. The Hall–Kier alpha value is -1.09. The average Bonchev–Trinajstić information content (AvgIpc) is 2.15. The van der Waals surface area contributed by atoms with Crippen LogP contribution in [-0.2, 0) is 0 Å². The number of rotatable bonds is 3. The molecule has 0 saturated carbocycles. The molecular weight excluding hydrogens is 186 g/mol. The third-order valence-corrected chi connectivity index (χ3v) is 1.43. The van der Waals surface area contributed by atoms with Crippen LogP contribution in [0.25, 0.3) is 0 Å². The number of aromatic nitrogens is 1. The summed E-state index contributed by atoms with van der Waals surface area (Å²) in [7, 11) is 0. The molecule has 0 bridgehead atoms. The maximum Gasteiger partial charge on any atom is 0.144 e. The van der Waals surface area contributed by atoms with Crippen molar-refractivity contribution >= 4 is 18.2 Å². The smallest absolute Gasteiger partial charge is 0.144 e. The van der Waals surface area contributed by atoms with Gasteiger partial charge in [0.05, 0.1) is 0 Å². The van der Waals surface area contributed by atoms with Gasteiger partial charge in [0.25, 0.3) is 0 Å². The molecule has 0 spiro atoms. The van der Waals surface area contributed by atoms with Gasteiger partial charge in [-0.1, -0.05) is 13.0 Å². The number of nitrogens with zero attached hydrogens (tertiary/aromatic N) is 2. The first kappa shape index (κ1) is 11.9. The van der Waals surface area contributed by atoms with Crippen molar-refractivity contribution < 1.29 is 0 Å². The molecule has 0 unspecified atom stereocenters. The second kappa shape index (κ2) is 6.43. The Bertz CT molecular complexity index is 259. The van der Waals surface area contributed by atoms with Gasteiger partial charge in [-0.15, -0.1) is 12.4 Å². The van der Waals surface area contributed by atoms with Crippen LogP contribution in [0.3, 0.4) is 0 Å². The Labute approximate surface area is 84.5 Å². The molecule has 1 aromatic heterocycles. The Balaban J connectivity index is 0.00000144. The number of nitrogens with two attached hydrogens (primary N) is 1. The molecule has 3 nitrogen and oxygen atoms in total. The minimum atomic E-state index is 0. The van der Waals surface area contributed by atoms with Gasteiger partial charge in [0.15, 0.2) is 0 Å². The fraction of sp³-hybridized carbons (Fsp3) is 0.333. The van der Waals surface area contributed by atoms with Crippen molar-refractivity contribution in [3.8, 4) is 0 Å². The third kappa shape index (κ3) is 3.90. The van der Waals surface area contributed by atoms with E-state index in [0.717, 1.165) is 18.7 Å². The standard InChI is InChI=1S/C9H13N3.ClH/c1-2-6-12-9(10)8-5-3-4-7-11-8;/h3-5,7H,2,6H2,1H3,(H2,10,12);1H. The largest absolute Gasteiger partial charge is 0.382 e. The molecular formula is C9H14ClN3. The summed E-state index contributed by atoms with van der Waals surface area (Å²) in [6.07, 6.45) is 2.72. The number of halogens is 1. The second-order valence-electron chi connectivity index (χ2n) is 2.48. The van der Waals surface area contributed by atoms with Gasteiger partial charge < -0.3 is 5.73 Å². The van der Waals surface area contributed by atoms with Crippen molar-refractivity contribution in [2.45, 2.75) is 13.3 Å². The summed E-state index contributed by atoms with van der Waals surface area (Å²) in [6, 6.07) is 5.61. The fourth-order valence-electron chi connectivity index (χ4n) is 0.828. The zero-order valence-electron chi connectivity index (χ0n) is 7.60. The summed E-state index contributed by atoms with van der Waals surface area (Å²) < 4.78 is 0. The second-order valence-corrected chi connectivity index (χ2v) is 2.48. The van der Waals surface area contributed by atoms with E-state index in [0.29, 0.717) is 5.84 Å². The van der Waals surface area contributed by atoms with Crippen LogP contribution in [0.5, 0.6) is 0 Å². The first-order valence-corrected chi connectivity index (χ1v) is 4.06. The molecule has 0 aromatic carbocycles. The van der Waals surface area contributed by atoms with Crippen molar-refractivity contribution in [1.29, 1.82) is 0 Å². The zero-order chi connectivity index (χ0) is 8.81. The van der Waals surface area contributed by atoms with Gasteiger partial charge >= 0.3 is 0 Å². The highest BCUT2D eigenvalue weighted by Gasteiger charge is 1.95.